The number of unbranched alkanes of at least 4 members (excludes halogenated alkanes) is 1. The number of aryl methyl sites for hydroxylation is 1. The summed E-state index contributed by atoms with van der Waals surface area (Å²) in [6.45, 7) is 0.677. The van der Waals surface area contributed by atoms with E-state index in [2.05, 4.69) is 12.2 Å². The summed E-state index contributed by atoms with van der Waals surface area (Å²) in [5.41, 5.74) is 1.75. The number of quaternary nitrogens is 1. The Hall–Kier alpha value is -2.41. The zero-order chi connectivity index (χ0) is 17.2. The van der Waals surface area contributed by atoms with Crippen LogP contribution in [0.3, 0.4) is 0 Å². The van der Waals surface area contributed by atoms with Crippen molar-refractivity contribution in [3.8, 4) is 0 Å². The van der Waals surface area contributed by atoms with Crippen molar-refractivity contribution in [3.05, 3.63) is 29.8 Å². The van der Waals surface area contributed by atoms with Crippen molar-refractivity contribution in [2.45, 2.75) is 26.2 Å². The Labute approximate surface area is 134 Å². The van der Waals surface area contributed by atoms with Crippen LogP contribution in [0, 0.1) is 0 Å². The van der Waals surface area contributed by atoms with Gasteiger partial charge in [0.25, 0.3) is 5.91 Å². The Bertz CT molecular complexity index is 526. The maximum atomic E-state index is 11.9. The minimum atomic E-state index is -1.42. The van der Waals surface area contributed by atoms with Crippen molar-refractivity contribution in [2.75, 3.05) is 25.0 Å². The number of carboxylic acids is 2. The van der Waals surface area contributed by atoms with Crippen LogP contribution in [0.15, 0.2) is 24.3 Å². The summed E-state index contributed by atoms with van der Waals surface area (Å²) in [5.74, 6) is -3.31. The minimum absolute atomic E-state index is 0.0436. The Kier molecular flexibility index (Phi) is 7.76. The lowest BCUT2D eigenvalue weighted by Crippen LogP contribution is -3.15. The molecule has 0 fully saturated rings. The molecule has 0 radical (unpaired) electrons. The number of aliphatic carboxylic acids is 2. The van der Waals surface area contributed by atoms with Crippen LogP contribution in [0.2, 0.25) is 0 Å². The molecule has 1 aromatic carbocycles. The number of benzene rings is 1. The SMILES string of the molecule is CCCCc1ccc(NC(=O)C[NH+](CC(=O)[O-])CC(=O)[O-])cc1. The highest BCUT2D eigenvalue weighted by Gasteiger charge is 2.15. The van der Waals surface area contributed by atoms with E-state index in [0.29, 0.717) is 5.69 Å². The molecule has 23 heavy (non-hydrogen) atoms. The molecule has 0 aromatic heterocycles. The van der Waals surface area contributed by atoms with Crippen molar-refractivity contribution in [2.24, 2.45) is 0 Å². The lowest BCUT2D eigenvalue weighted by atomic mass is 10.1. The van der Waals surface area contributed by atoms with Gasteiger partial charge in [-0.1, -0.05) is 25.5 Å². The number of hydrogen-bond donors (Lipinski definition) is 2. The van der Waals surface area contributed by atoms with E-state index in [-0.39, 0.29) is 11.4 Å². The molecule has 1 aromatic rings. The predicted molar refractivity (Wildman–Crippen MR) is 79.3 cm³/mol. The van der Waals surface area contributed by atoms with Gasteiger partial charge in [-0.25, -0.2) is 0 Å². The maximum Gasteiger partial charge on any atom is 0.279 e. The number of carboxylic acid groups (broad SMARTS) is 2. The number of carbonyl (C=O) groups is 3. The maximum absolute atomic E-state index is 11.9. The van der Waals surface area contributed by atoms with Crippen LogP contribution in [0.25, 0.3) is 0 Å². The van der Waals surface area contributed by atoms with Crippen LogP contribution in [0.5, 0.6) is 0 Å². The molecule has 0 aliphatic rings. The van der Waals surface area contributed by atoms with Crippen molar-refractivity contribution >= 4 is 23.5 Å². The predicted octanol–water partition coefficient (Wildman–Crippen LogP) is -2.65. The first-order chi connectivity index (χ1) is 10.9. The Morgan fingerprint density at radius 3 is 2.04 bits per heavy atom. The number of amides is 1. The molecule has 0 saturated carbocycles. The molecule has 0 saturated heterocycles. The van der Waals surface area contributed by atoms with Crippen LogP contribution < -0.4 is 20.4 Å². The molecule has 0 atom stereocenters. The highest BCUT2D eigenvalue weighted by molar-refractivity contribution is 5.91. The fourth-order valence-corrected chi connectivity index (χ4v) is 2.16. The topological polar surface area (TPSA) is 114 Å². The first-order valence-electron chi connectivity index (χ1n) is 7.52. The van der Waals surface area contributed by atoms with Gasteiger partial charge in [-0.2, -0.15) is 0 Å². The van der Waals surface area contributed by atoms with Gasteiger partial charge in [0, 0.05) is 5.69 Å². The molecule has 126 valence electrons. The molecule has 0 heterocycles. The zero-order valence-electron chi connectivity index (χ0n) is 13.1. The Morgan fingerprint density at radius 1 is 1.00 bits per heavy atom. The zero-order valence-corrected chi connectivity index (χ0v) is 13.1. The highest BCUT2D eigenvalue weighted by Crippen LogP contribution is 2.11. The van der Waals surface area contributed by atoms with E-state index in [9.17, 15) is 24.6 Å². The van der Waals surface area contributed by atoms with Crippen LogP contribution in [0.1, 0.15) is 25.3 Å². The largest absolute Gasteiger partial charge is 0.544 e. The van der Waals surface area contributed by atoms with E-state index in [1.165, 1.54) is 5.56 Å². The average molecular weight is 321 g/mol. The number of anilines is 1. The van der Waals surface area contributed by atoms with Gasteiger partial charge in [0.1, 0.15) is 13.1 Å². The third-order valence-electron chi connectivity index (χ3n) is 3.26. The molecule has 2 N–H and O–H groups in total. The molecule has 0 aliphatic carbocycles. The van der Waals surface area contributed by atoms with Gasteiger partial charge in [0.05, 0.1) is 11.9 Å². The van der Waals surface area contributed by atoms with Gasteiger partial charge in [-0.05, 0) is 30.5 Å². The fraction of sp³-hybridized carbons (Fsp3) is 0.438. The van der Waals surface area contributed by atoms with Crippen LogP contribution in [-0.2, 0) is 20.8 Å². The van der Waals surface area contributed by atoms with E-state index in [1.54, 1.807) is 12.1 Å². The first kappa shape index (κ1) is 18.6. The molecular weight excluding hydrogens is 300 g/mol. The molecule has 7 nitrogen and oxygen atoms in total. The van der Waals surface area contributed by atoms with Gasteiger partial charge >= 0.3 is 0 Å². The third-order valence-corrected chi connectivity index (χ3v) is 3.26. The fourth-order valence-electron chi connectivity index (χ4n) is 2.16. The molecule has 1 rings (SSSR count). The number of rotatable bonds is 10. The summed E-state index contributed by atoms with van der Waals surface area (Å²) in [6.07, 6.45) is 3.17. The normalized spacial score (nSPS) is 10.5. The molecule has 0 unspecified atom stereocenters. The summed E-state index contributed by atoms with van der Waals surface area (Å²) in [7, 11) is 0. The lowest BCUT2D eigenvalue weighted by molar-refractivity contribution is -0.880. The van der Waals surface area contributed by atoms with Gasteiger partial charge in [0.2, 0.25) is 0 Å². The summed E-state index contributed by atoms with van der Waals surface area (Å²) < 4.78 is 0. The minimum Gasteiger partial charge on any atom is -0.544 e. The third kappa shape index (κ3) is 7.96. The standard InChI is InChI=1S/C16H22N2O5/c1-2-3-4-12-5-7-13(8-6-12)17-14(19)9-18(10-15(20)21)11-16(22)23/h5-8H,2-4,9-11H2,1H3,(H,17,19)(H,20,21)(H,22,23)/p-1. The van der Waals surface area contributed by atoms with E-state index in [4.69, 9.17) is 0 Å². The van der Waals surface area contributed by atoms with Crippen LogP contribution in [-0.4, -0.2) is 37.5 Å². The highest BCUT2D eigenvalue weighted by atomic mass is 16.4. The summed E-state index contributed by atoms with van der Waals surface area (Å²) in [6, 6.07) is 7.36. The number of carbonyl (C=O) groups excluding carboxylic acids is 3. The Balaban J connectivity index is 2.56. The van der Waals surface area contributed by atoms with Crippen molar-refractivity contribution in [3.63, 3.8) is 0 Å². The molecule has 0 aliphatic heterocycles. The summed E-state index contributed by atoms with van der Waals surface area (Å²) in [5, 5.41) is 23.8. The van der Waals surface area contributed by atoms with Crippen LogP contribution in [0.4, 0.5) is 5.69 Å². The second-order valence-electron chi connectivity index (χ2n) is 5.37. The van der Waals surface area contributed by atoms with Gasteiger partial charge in [0.15, 0.2) is 6.54 Å². The van der Waals surface area contributed by atoms with E-state index >= 15 is 0 Å². The summed E-state index contributed by atoms with van der Waals surface area (Å²) in [4.78, 5) is 33.1. The summed E-state index contributed by atoms with van der Waals surface area (Å²) >= 11 is 0. The smallest absolute Gasteiger partial charge is 0.279 e. The van der Waals surface area contributed by atoms with Crippen molar-refractivity contribution in [1.29, 1.82) is 0 Å². The molecule has 0 bridgehead atoms. The molecule has 1 amide bonds. The second-order valence-corrected chi connectivity index (χ2v) is 5.37. The quantitative estimate of drug-likeness (QED) is 0.489. The molecule has 0 spiro atoms. The van der Waals surface area contributed by atoms with Crippen molar-refractivity contribution in [1.82, 2.24) is 0 Å². The monoisotopic (exact) mass is 321 g/mol. The van der Waals surface area contributed by atoms with E-state index in [0.717, 1.165) is 19.3 Å². The number of hydrogen-bond acceptors (Lipinski definition) is 5. The van der Waals surface area contributed by atoms with Gasteiger partial charge < -0.3 is 30.0 Å². The molecule has 7 heteroatoms. The average Bonchev–Trinajstić information content (AvgIpc) is 2.45. The number of nitrogens with one attached hydrogen (secondary N) is 2. The second kappa shape index (κ2) is 9.58. The molecular formula is C16H21N2O5-. The van der Waals surface area contributed by atoms with Crippen LogP contribution >= 0.6 is 0 Å². The van der Waals surface area contributed by atoms with Crippen molar-refractivity contribution < 1.29 is 29.5 Å². The van der Waals surface area contributed by atoms with E-state index < -0.39 is 30.9 Å². The first-order valence-corrected chi connectivity index (χ1v) is 7.52. The van der Waals surface area contributed by atoms with E-state index in [1.807, 2.05) is 12.1 Å². The lowest BCUT2D eigenvalue weighted by Gasteiger charge is -2.19. The Morgan fingerprint density at radius 2 is 1.57 bits per heavy atom. The van der Waals surface area contributed by atoms with Gasteiger partial charge in [-0.15, -0.1) is 0 Å². The van der Waals surface area contributed by atoms with Gasteiger partial charge in [-0.3, -0.25) is 4.79 Å².